The maximum atomic E-state index is 14.7. The van der Waals surface area contributed by atoms with Gasteiger partial charge in [0.15, 0.2) is 0 Å². The van der Waals surface area contributed by atoms with E-state index in [9.17, 15) is 4.39 Å². The number of benzene rings is 1. The van der Waals surface area contributed by atoms with Gasteiger partial charge in [-0.1, -0.05) is 42.0 Å². The quantitative estimate of drug-likeness (QED) is 0.298. The first-order chi connectivity index (χ1) is 14.8. The SMILES string of the molecule is C=C(C)/C(=C\NC)CCCc1c(F)cccc1C(/C=C\C(C)=N\C=C(/C)CCN)=C/C. The van der Waals surface area contributed by atoms with Crippen molar-refractivity contribution in [3.8, 4) is 0 Å². The van der Waals surface area contributed by atoms with Crippen molar-refractivity contribution in [1.29, 1.82) is 0 Å². The zero-order valence-electron chi connectivity index (χ0n) is 19.8. The first kappa shape index (κ1) is 26.3. The molecule has 0 amide bonds. The van der Waals surface area contributed by atoms with Gasteiger partial charge in [0.2, 0.25) is 0 Å². The zero-order valence-corrected chi connectivity index (χ0v) is 19.8. The Kier molecular flexibility index (Phi) is 12.2. The van der Waals surface area contributed by atoms with Crippen LogP contribution in [0.4, 0.5) is 4.39 Å². The van der Waals surface area contributed by atoms with Gasteiger partial charge in [0, 0.05) is 19.0 Å². The Morgan fingerprint density at radius 2 is 1.94 bits per heavy atom. The molecule has 0 heterocycles. The lowest BCUT2D eigenvalue weighted by atomic mass is 9.93. The molecular weight excluding hydrogens is 385 g/mol. The predicted octanol–water partition coefficient (Wildman–Crippen LogP) is 6.50. The van der Waals surface area contributed by atoms with Gasteiger partial charge in [-0.3, -0.25) is 4.99 Å². The second-order valence-electron chi connectivity index (χ2n) is 7.72. The highest BCUT2D eigenvalue weighted by atomic mass is 19.1. The Morgan fingerprint density at radius 3 is 2.55 bits per heavy atom. The molecule has 31 heavy (non-hydrogen) atoms. The van der Waals surface area contributed by atoms with Crippen molar-refractivity contribution < 1.29 is 4.39 Å². The molecular formula is C27H38FN3. The van der Waals surface area contributed by atoms with Gasteiger partial charge < -0.3 is 11.1 Å². The minimum absolute atomic E-state index is 0.162. The molecule has 0 unspecified atom stereocenters. The van der Waals surface area contributed by atoms with Gasteiger partial charge in [0.25, 0.3) is 0 Å². The van der Waals surface area contributed by atoms with Crippen LogP contribution < -0.4 is 11.1 Å². The van der Waals surface area contributed by atoms with E-state index in [1.807, 2.05) is 71.4 Å². The van der Waals surface area contributed by atoms with Crippen LogP contribution in [0.3, 0.4) is 0 Å². The van der Waals surface area contributed by atoms with Gasteiger partial charge in [-0.25, -0.2) is 4.39 Å². The molecule has 168 valence electrons. The standard InChI is InChI=1S/C27H38FN3/c1-7-23(15-14-22(5)31-18-21(4)16-17-29)25-11-9-13-27(28)26(25)12-8-10-24(19-30-6)20(2)3/h7,9,11,13-15,18-19,30H,2,8,10,12,16-17,29H2,1,3-6H3/b15-14-,21-18+,23-7+,24-19-,31-22+. The molecule has 0 aliphatic carbocycles. The highest BCUT2D eigenvalue weighted by Crippen LogP contribution is 2.26. The van der Waals surface area contributed by atoms with Crippen LogP contribution in [-0.2, 0) is 6.42 Å². The number of nitrogens with two attached hydrogens (primary N) is 1. The van der Waals surface area contributed by atoms with E-state index in [0.29, 0.717) is 13.0 Å². The van der Waals surface area contributed by atoms with Crippen LogP contribution in [0.25, 0.3) is 5.57 Å². The predicted molar refractivity (Wildman–Crippen MR) is 135 cm³/mol. The van der Waals surface area contributed by atoms with Crippen molar-refractivity contribution in [1.82, 2.24) is 5.32 Å². The molecule has 1 rings (SSSR count). The van der Waals surface area contributed by atoms with E-state index < -0.39 is 0 Å². The van der Waals surface area contributed by atoms with Crippen LogP contribution in [0.5, 0.6) is 0 Å². The Bertz CT molecular complexity index is 886. The van der Waals surface area contributed by atoms with Gasteiger partial charge in [-0.2, -0.15) is 0 Å². The van der Waals surface area contributed by atoms with Crippen molar-refractivity contribution in [2.24, 2.45) is 10.7 Å². The summed E-state index contributed by atoms with van der Waals surface area (Å²) in [5.74, 6) is -0.162. The number of hydrogen-bond acceptors (Lipinski definition) is 3. The van der Waals surface area contributed by atoms with Crippen LogP contribution in [0, 0.1) is 5.82 Å². The number of nitrogens with zero attached hydrogens (tertiary/aromatic N) is 1. The normalized spacial score (nSPS) is 13.8. The molecule has 0 spiro atoms. The number of halogens is 1. The highest BCUT2D eigenvalue weighted by Gasteiger charge is 2.11. The maximum absolute atomic E-state index is 14.7. The molecule has 0 atom stereocenters. The average Bonchev–Trinajstić information content (AvgIpc) is 2.73. The summed E-state index contributed by atoms with van der Waals surface area (Å²) < 4.78 is 14.7. The van der Waals surface area contributed by atoms with E-state index in [-0.39, 0.29) is 5.82 Å². The molecule has 3 nitrogen and oxygen atoms in total. The van der Waals surface area contributed by atoms with Crippen LogP contribution >= 0.6 is 0 Å². The molecule has 0 aliphatic heterocycles. The van der Waals surface area contributed by atoms with Crippen molar-refractivity contribution >= 4 is 11.3 Å². The number of nitrogens with one attached hydrogen (secondary N) is 1. The van der Waals surface area contributed by atoms with Crippen LogP contribution in [0.1, 0.15) is 58.1 Å². The van der Waals surface area contributed by atoms with Crippen molar-refractivity contribution in [3.05, 3.63) is 89.1 Å². The molecule has 1 aromatic carbocycles. The minimum Gasteiger partial charge on any atom is -0.394 e. The second kappa shape index (κ2) is 14.3. The number of allylic oxidation sites excluding steroid dienone is 6. The van der Waals surface area contributed by atoms with Crippen molar-refractivity contribution in [2.75, 3.05) is 13.6 Å². The molecule has 0 saturated heterocycles. The summed E-state index contributed by atoms with van der Waals surface area (Å²) in [5, 5.41) is 3.06. The van der Waals surface area contributed by atoms with E-state index in [0.717, 1.165) is 58.4 Å². The third-order valence-corrected chi connectivity index (χ3v) is 5.01. The Balaban J connectivity index is 3.04. The summed E-state index contributed by atoms with van der Waals surface area (Å²) >= 11 is 0. The largest absolute Gasteiger partial charge is 0.394 e. The monoisotopic (exact) mass is 423 g/mol. The topological polar surface area (TPSA) is 50.4 Å². The fourth-order valence-corrected chi connectivity index (χ4v) is 3.22. The average molecular weight is 424 g/mol. The number of aliphatic imine (C=N–C) groups is 1. The van der Waals surface area contributed by atoms with Crippen molar-refractivity contribution in [3.63, 3.8) is 0 Å². The Hall–Kier alpha value is -2.72. The van der Waals surface area contributed by atoms with Crippen LogP contribution in [0.2, 0.25) is 0 Å². The summed E-state index contributed by atoms with van der Waals surface area (Å²) in [4.78, 5) is 4.48. The first-order valence-corrected chi connectivity index (χ1v) is 10.9. The van der Waals surface area contributed by atoms with Gasteiger partial charge in [-0.15, -0.1) is 0 Å². The summed E-state index contributed by atoms with van der Waals surface area (Å²) in [6, 6.07) is 5.29. The fourth-order valence-electron chi connectivity index (χ4n) is 3.22. The second-order valence-corrected chi connectivity index (χ2v) is 7.72. The molecule has 4 heteroatoms. The summed E-state index contributed by atoms with van der Waals surface area (Å²) in [6.45, 7) is 12.6. The van der Waals surface area contributed by atoms with Gasteiger partial charge in [-0.05, 0) is 101 Å². The summed E-state index contributed by atoms with van der Waals surface area (Å²) in [6.07, 6.45) is 13.0. The molecule has 0 saturated carbocycles. The van der Waals surface area contributed by atoms with Gasteiger partial charge in [0.05, 0.1) is 0 Å². The van der Waals surface area contributed by atoms with Crippen LogP contribution in [0.15, 0.2) is 77.1 Å². The van der Waals surface area contributed by atoms with Crippen LogP contribution in [-0.4, -0.2) is 19.3 Å². The third kappa shape index (κ3) is 9.31. The lowest BCUT2D eigenvalue weighted by molar-refractivity contribution is 0.603. The van der Waals surface area contributed by atoms with E-state index in [1.165, 1.54) is 6.07 Å². The minimum atomic E-state index is -0.162. The lowest BCUT2D eigenvalue weighted by Gasteiger charge is -2.13. The van der Waals surface area contributed by atoms with Gasteiger partial charge >= 0.3 is 0 Å². The summed E-state index contributed by atoms with van der Waals surface area (Å²) in [7, 11) is 1.88. The van der Waals surface area contributed by atoms with E-state index in [2.05, 4.69) is 16.9 Å². The third-order valence-electron chi connectivity index (χ3n) is 5.01. The van der Waals surface area contributed by atoms with E-state index >= 15 is 0 Å². The molecule has 0 radical (unpaired) electrons. The zero-order chi connectivity index (χ0) is 23.2. The molecule has 1 aromatic rings. The van der Waals surface area contributed by atoms with Crippen molar-refractivity contribution in [2.45, 2.75) is 53.4 Å². The van der Waals surface area contributed by atoms with E-state index in [1.54, 1.807) is 6.07 Å². The Morgan fingerprint density at radius 1 is 1.19 bits per heavy atom. The van der Waals surface area contributed by atoms with E-state index in [4.69, 9.17) is 5.73 Å². The molecule has 0 aliphatic rings. The Labute approximate surface area is 188 Å². The molecule has 3 N–H and O–H groups in total. The molecule has 0 aromatic heterocycles. The summed E-state index contributed by atoms with van der Waals surface area (Å²) in [5.41, 5.74) is 12.5. The molecule has 0 fully saturated rings. The number of hydrogen-bond donors (Lipinski definition) is 2. The fraction of sp³-hybridized carbons (Fsp3) is 0.370. The smallest absolute Gasteiger partial charge is 0.127 e. The highest BCUT2D eigenvalue weighted by molar-refractivity contribution is 5.95. The number of rotatable bonds is 12. The maximum Gasteiger partial charge on any atom is 0.127 e. The molecule has 0 bridgehead atoms. The lowest BCUT2D eigenvalue weighted by Crippen LogP contribution is -2.01. The van der Waals surface area contributed by atoms with Gasteiger partial charge in [0.1, 0.15) is 5.82 Å². The first-order valence-electron chi connectivity index (χ1n) is 10.9.